The molecule has 0 amide bonds. The lowest BCUT2D eigenvalue weighted by Gasteiger charge is -2.19. The fraction of sp³-hybridized carbons (Fsp3) is 0.600. The third-order valence-corrected chi connectivity index (χ3v) is 4.78. The number of aromatic nitrogens is 2. The second-order valence-electron chi connectivity index (χ2n) is 5.43. The lowest BCUT2D eigenvalue weighted by molar-refractivity contribution is -0.0563. The van der Waals surface area contributed by atoms with Crippen LogP contribution in [-0.2, 0) is 4.74 Å². The average Bonchev–Trinajstić information content (AvgIpc) is 2.82. The summed E-state index contributed by atoms with van der Waals surface area (Å²) in [4.78, 5) is 26.3. The molecule has 0 bridgehead atoms. The summed E-state index contributed by atoms with van der Waals surface area (Å²) in [6.45, 7) is 1.52. The molecule has 1 fully saturated rings. The number of halogens is 1. The molecule has 1 saturated heterocycles. The van der Waals surface area contributed by atoms with Crippen LogP contribution in [0.3, 0.4) is 0 Å². The Bertz CT molecular complexity index is 762. The number of ether oxygens (including phenoxy) is 1. The van der Waals surface area contributed by atoms with E-state index in [9.17, 15) is 19.8 Å². The van der Waals surface area contributed by atoms with Crippen LogP contribution in [0.5, 0.6) is 0 Å². The van der Waals surface area contributed by atoms with Crippen molar-refractivity contribution in [3.05, 3.63) is 30.1 Å². The maximum absolute atomic E-state index is 12.1. The van der Waals surface area contributed by atoms with Crippen molar-refractivity contribution in [1.82, 2.24) is 9.55 Å². The molecule has 24 heavy (non-hydrogen) atoms. The molecule has 2 rings (SSSR count). The van der Waals surface area contributed by atoms with Crippen molar-refractivity contribution in [2.45, 2.75) is 50.7 Å². The zero-order valence-corrected chi connectivity index (χ0v) is 15.2. The van der Waals surface area contributed by atoms with E-state index in [0.29, 0.717) is 6.42 Å². The van der Waals surface area contributed by atoms with Gasteiger partial charge in [-0.25, -0.2) is 4.79 Å². The number of aromatic amines is 1. The molecule has 0 aliphatic carbocycles. The highest BCUT2D eigenvalue weighted by Gasteiger charge is 2.44. The van der Waals surface area contributed by atoms with Gasteiger partial charge in [0.2, 0.25) is 0 Å². The zero-order chi connectivity index (χ0) is 17.9. The summed E-state index contributed by atoms with van der Waals surface area (Å²) in [7, 11) is 0. The maximum atomic E-state index is 12.1. The van der Waals surface area contributed by atoms with E-state index in [2.05, 4.69) is 16.8 Å². The summed E-state index contributed by atoms with van der Waals surface area (Å²) in [5.74, 6) is 5.63. The quantitative estimate of drug-likeness (QED) is 0.208. The molecule has 1 aliphatic rings. The molecule has 132 valence electrons. The Balaban J connectivity index is 2.46. The third kappa shape index (κ3) is 3.73. The maximum Gasteiger partial charge on any atom is 0.331 e. The fourth-order valence-corrected chi connectivity index (χ4v) is 3.24. The molecular formula is C15H19IN2O6. The monoisotopic (exact) mass is 450 g/mol. The molecule has 4 N–H and O–H groups in total. The summed E-state index contributed by atoms with van der Waals surface area (Å²) >= 11 is 1.78. The lowest BCUT2D eigenvalue weighted by atomic mass is 10.1. The zero-order valence-electron chi connectivity index (χ0n) is 13.0. The molecule has 0 saturated carbocycles. The first-order chi connectivity index (χ1) is 11.4. The van der Waals surface area contributed by atoms with Gasteiger partial charge in [0.15, 0.2) is 6.23 Å². The van der Waals surface area contributed by atoms with Gasteiger partial charge in [0.05, 0.1) is 6.61 Å². The molecule has 9 heteroatoms. The van der Waals surface area contributed by atoms with Gasteiger partial charge in [0.1, 0.15) is 27.6 Å². The van der Waals surface area contributed by atoms with Crippen molar-refractivity contribution in [1.29, 1.82) is 0 Å². The van der Waals surface area contributed by atoms with Gasteiger partial charge >= 0.3 is 5.69 Å². The van der Waals surface area contributed by atoms with Crippen LogP contribution >= 0.6 is 22.6 Å². The van der Waals surface area contributed by atoms with E-state index in [0.717, 1.165) is 17.4 Å². The Labute approximate surface area is 151 Å². The Morgan fingerprint density at radius 3 is 2.62 bits per heavy atom. The highest BCUT2D eigenvalue weighted by Crippen LogP contribution is 2.29. The molecule has 0 unspecified atom stereocenters. The molecule has 8 nitrogen and oxygen atoms in total. The minimum atomic E-state index is -1.42. The topological polar surface area (TPSA) is 125 Å². The first kappa shape index (κ1) is 19.1. The van der Waals surface area contributed by atoms with Gasteiger partial charge in [0, 0.05) is 6.42 Å². The summed E-state index contributed by atoms with van der Waals surface area (Å²) in [5, 5.41) is 29.1. The lowest BCUT2D eigenvalue weighted by Crippen LogP contribution is -2.40. The first-order valence-corrected chi connectivity index (χ1v) is 8.65. The van der Waals surface area contributed by atoms with Gasteiger partial charge in [-0.1, -0.05) is 25.2 Å². The number of nitrogens with zero attached hydrogens (tertiary/aromatic N) is 1. The standard InChI is InChI=1S/C15H19IN2O6/c1-2-3-4-5-6-8-12(16)18(15(23)17-13(8)22)14-11(21)10(20)9(7-19)24-14/h9-11,14,19-21H,2-4,7H2,1H3,(H,17,22,23)/t9-,10-,11-,14-/m1/s1. The Kier molecular flexibility index (Phi) is 6.59. The number of nitrogens with one attached hydrogen (secondary N) is 1. The van der Waals surface area contributed by atoms with E-state index in [4.69, 9.17) is 9.84 Å². The van der Waals surface area contributed by atoms with Crippen molar-refractivity contribution in [3.63, 3.8) is 0 Å². The van der Waals surface area contributed by atoms with Crippen molar-refractivity contribution >= 4 is 22.6 Å². The van der Waals surface area contributed by atoms with E-state index in [1.165, 1.54) is 0 Å². The second-order valence-corrected chi connectivity index (χ2v) is 6.45. The Hall–Kier alpha value is -1.19. The Morgan fingerprint density at radius 1 is 1.33 bits per heavy atom. The number of hydrogen-bond donors (Lipinski definition) is 4. The van der Waals surface area contributed by atoms with E-state index >= 15 is 0 Å². The average molecular weight is 450 g/mol. The van der Waals surface area contributed by atoms with Gasteiger partial charge in [0.25, 0.3) is 5.56 Å². The predicted molar refractivity (Wildman–Crippen MR) is 93.5 cm³/mol. The first-order valence-electron chi connectivity index (χ1n) is 7.58. The van der Waals surface area contributed by atoms with E-state index < -0.39 is 42.4 Å². The fourth-order valence-electron chi connectivity index (χ4n) is 2.37. The molecule has 2 heterocycles. The molecule has 1 aromatic rings. The molecule has 0 aromatic carbocycles. The van der Waals surface area contributed by atoms with Crippen molar-refractivity contribution < 1.29 is 20.1 Å². The summed E-state index contributed by atoms with van der Waals surface area (Å²) in [6, 6.07) is 0. The van der Waals surface area contributed by atoms with Gasteiger partial charge in [-0.3, -0.25) is 14.3 Å². The SMILES string of the molecule is CCCCC#Cc1c(I)n([C@@H]2O[C@H](CO)[C@@H](O)[C@H]2O)c(=O)[nH]c1=O. The molecule has 0 spiro atoms. The third-order valence-electron chi connectivity index (χ3n) is 3.72. The largest absolute Gasteiger partial charge is 0.394 e. The van der Waals surface area contributed by atoms with Gasteiger partial charge in [-0.05, 0) is 29.0 Å². The number of aliphatic hydroxyl groups excluding tert-OH is 3. The number of hydrogen-bond acceptors (Lipinski definition) is 6. The number of aliphatic hydroxyl groups is 3. The van der Waals surface area contributed by atoms with Crippen LogP contribution in [0.4, 0.5) is 0 Å². The normalized spacial score (nSPS) is 26.2. The van der Waals surface area contributed by atoms with Crippen LogP contribution in [0.25, 0.3) is 0 Å². The molecule has 1 aromatic heterocycles. The van der Waals surface area contributed by atoms with Crippen LogP contribution in [0.1, 0.15) is 38.0 Å². The van der Waals surface area contributed by atoms with Crippen LogP contribution in [-0.4, -0.2) is 49.8 Å². The molecule has 1 aliphatic heterocycles. The van der Waals surface area contributed by atoms with Crippen LogP contribution < -0.4 is 11.2 Å². The van der Waals surface area contributed by atoms with Crippen LogP contribution in [0.15, 0.2) is 9.59 Å². The van der Waals surface area contributed by atoms with Crippen LogP contribution in [0, 0.1) is 15.5 Å². The summed E-state index contributed by atoms with van der Waals surface area (Å²) in [6.07, 6.45) is -2.49. The number of H-pyrrole nitrogens is 1. The minimum absolute atomic E-state index is 0.101. The predicted octanol–water partition coefficient (Wildman–Crippen LogP) is -0.706. The van der Waals surface area contributed by atoms with Gasteiger partial charge in [-0.15, -0.1) is 0 Å². The number of rotatable bonds is 4. The van der Waals surface area contributed by atoms with Crippen molar-refractivity contribution in [3.8, 4) is 11.8 Å². The summed E-state index contributed by atoms with van der Waals surface area (Å²) in [5.41, 5.74) is -1.29. The summed E-state index contributed by atoms with van der Waals surface area (Å²) < 4.78 is 6.60. The Morgan fingerprint density at radius 2 is 2.04 bits per heavy atom. The van der Waals surface area contributed by atoms with Gasteiger partial charge in [-0.2, -0.15) is 0 Å². The van der Waals surface area contributed by atoms with Crippen LogP contribution in [0.2, 0.25) is 0 Å². The molecular weight excluding hydrogens is 431 g/mol. The minimum Gasteiger partial charge on any atom is -0.394 e. The van der Waals surface area contributed by atoms with Gasteiger partial charge < -0.3 is 20.1 Å². The van der Waals surface area contributed by atoms with E-state index in [-0.39, 0.29) is 9.26 Å². The highest BCUT2D eigenvalue weighted by molar-refractivity contribution is 14.1. The molecule has 4 atom stereocenters. The highest BCUT2D eigenvalue weighted by atomic mass is 127. The van der Waals surface area contributed by atoms with Crippen molar-refractivity contribution in [2.75, 3.05) is 6.61 Å². The van der Waals surface area contributed by atoms with E-state index in [1.54, 1.807) is 22.6 Å². The number of unbranched alkanes of at least 4 members (excludes halogenated alkanes) is 2. The smallest absolute Gasteiger partial charge is 0.331 e. The molecule has 0 radical (unpaired) electrons. The van der Waals surface area contributed by atoms with E-state index in [1.807, 2.05) is 6.92 Å². The second kappa shape index (κ2) is 8.26. The van der Waals surface area contributed by atoms with Crippen molar-refractivity contribution in [2.24, 2.45) is 0 Å².